The van der Waals surface area contributed by atoms with Gasteiger partial charge in [0.15, 0.2) is 12.4 Å². The van der Waals surface area contributed by atoms with Gasteiger partial charge in [-0.05, 0) is 43.5 Å². The predicted molar refractivity (Wildman–Crippen MR) is 105 cm³/mol. The second-order valence-electron chi connectivity index (χ2n) is 6.97. The summed E-state index contributed by atoms with van der Waals surface area (Å²) in [7, 11) is 0. The van der Waals surface area contributed by atoms with Crippen LogP contribution in [0.5, 0.6) is 0 Å². The Bertz CT molecular complexity index is 917. The van der Waals surface area contributed by atoms with Crippen LogP contribution < -0.4 is 10.9 Å². The third-order valence-corrected chi connectivity index (χ3v) is 4.90. The topological polar surface area (TPSA) is 118 Å². The molecule has 3 rings (SSSR count). The van der Waals surface area contributed by atoms with Crippen LogP contribution in [0.4, 0.5) is 0 Å². The van der Waals surface area contributed by atoms with Crippen LogP contribution in [0, 0.1) is 12.8 Å². The van der Waals surface area contributed by atoms with Crippen LogP contribution in [0.3, 0.4) is 0 Å². The van der Waals surface area contributed by atoms with Crippen molar-refractivity contribution in [2.75, 3.05) is 19.7 Å². The van der Waals surface area contributed by atoms with Crippen LogP contribution >= 0.6 is 0 Å². The van der Waals surface area contributed by atoms with Crippen molar-refractivity contribution < 1.29 is 28.3 Å². The molecule has 2 heterocycles. The normalized spacial score (nSPS) is 14.1. The van der Waals surface area contributed by atoms with Gasteiger partial charge in [0.05, 0.1) is 12.2 Å². The Morgan fingerprint density at radius 3 is 2.47 bits per heavy atom. The number of nitrogens with zero attached hydrogens (tertiary/aromatic N) is 1. The molecule has 1 aliphatic rings. The first-order valence-electron chi connectivity index (χ1n) is 9.60. The van der Waals surface area contributed by atoms with Crippen molar-refractivity contribution in [3.05, 3.63) is 59.5 Å². The summed E-state index contributed by atoms with van der Waals surface area (Å²) >= 11 is 0. The van der Waals surface area contributed by atoms with Crippen molar-refractivity contribution >= 4 is 23.7 Å². The van der Waals surface area contributed by atoms with E-state index in [9.17, 15) is 19.2 Å². The summed E-state index contributed by atoms with van der Waals surface area (Å²) in [5.74, 6) is -2.17. The molecule has 0 aliphatic carbocycles. The summed E-state index contributed by atoms with van der Waals surface area (Å²) in [6.45, 7) is 2.26. The molecule has 2 N–H and O–H groups in total. The number of ether oxygens (including phenoxy) is 1. The number of carbonyl (C=O) groups excluding carboxylic acids is 4. The molecule has 0 radical (unpaired) electrons. The van der Waals surface area contributed by atoms with Gasteiger partial charge in [0.25, 0.3) is 11.8 Å². The van der Waals surface area contributed by atoms with Gasteiger partial charge in [-0.2, -0.15) is 0 Å². The first kappa shape index (κ1) is 21.1. The molecule has 158 valence electrons. The second kappa shape index (κ2) is 9.73. The molecule has 0 atom stereocenters. The number of carbonyl (C=O) groups is 4. The Morgan fingerprint density at radius 1 is 1.07 bits per heavy atom. The summed E-state index contributed by atoms with van der Waals surface area (Å²) in [4.78, 5) is 50.0. The molecular weight excluding hydrogens is 390 g/mol. The lowest BCUT2D eigenvalue weighted by Gasteiger charge is -2.31. The standard InChI is InChI=1S/C21H23N3O6/c1-14-5-2-3-6-16(14)20(27)24-10-8-15(9-11-24)21(28)30-13-18(25)22-23-19(26)17-7-4-12-29-17/h2-7,12,15H,8-11,13H2,1H3,(H,22,25)(H,23,26). The molecule has 1 aromatic carbocycles. The van der Waals surface area contributed by atoms with E-state index in [4.69, 9.17) is 9.15 Å². The minimum Gasteiger partial charge on any atom is -0.459 e. The van der Waals surface area contributed by atoms with Crippen molar-refractivity contribution in [3.63, 3.8) is 0 Å². The minimum atomic E-state index is -0.671. The van der Waals surface area contributed by atoms with E-state index >= 15 is 0 Å². The fourth-order valence-corrected chi connectivity index (χ4v) is 3.19. The minimum absolute atomic E-state index is 0.0410. The van der Waals surface area contributed by atoms with E-state index in [1.54, 1.807) is 17.0 Å². The van der Waals surface area contributed by atoms with Gasteiger partial charge < -0.3 is 14.1 Å². The molecule has 1 saturated heterocycles. The van der Waals surface area contributed by atoms with Crippen molar-refractivity contribution in [3.8, 4) is 0 Å². The Balaban J connectivity index is 1.39. The van der Waals surface area contributed by atoms with Crippen LogP contribution in [0.25, 0.3) is 0 Å². The zero-order valence-corrected chi connectivity index (χ0v) is 16.6. The molecule has 0 spiro atoms. The van der Waals surface area contributed by atoms with Crippen molar-refractivity contribution in [2.45, 2.75) is 19.8 Å². The third kappa shape index (κ3) is 5.25. The first-order chi connectivity index (χ1) is 14.5. The summed E-state index contributed by atoms with van der Waals surface area (Å²) in [6.07, 6.45) is 2.26. The third-order valence-electron chi connectivity index (χ3n) is 4.90. The average molecular weight is 413 g/mol. The van der Waals surface area contributed by atoms with Crippen molar-refractivity contribution in [1.29, 1.82) is 0 Å². The molecule has 1 fully saturated rings. The number of hydrogen-bond acceptors (Lipinski definition) is 6. The van der Waals surface area contributed by atoms with Gasteiger partial charge in [0.2, 0.25) is 0 Å². The van der Waals surface area contributed by atoms with Gasteiger partial charge in [-0.25, -0.2) is 0 Å². The van der Waals surface area contributed by atoms with E-state index in [2.05, 4.69) is 10.9 Å². The molecule has 0 saturated carbocycles. The highest BCUT2D eigenvalue weighted by atomic mass is 16.5. The highest BCUT2D eigenvalue weighted by molar-refractivity contribution is 5.96. The molecule has 0 unspecified atom stereocenters. The number of hydrogen-bond donors (Lipinski definition) is 2. The van der Waals surface area contributed by atoms with Gasteiger partial charge in [-0.1, -0.05) is 18.2 Å². The van der Waals surface area contributed by atoms with Crippen LogP contribution in [-0.4, -0.2) is 48.3 Å². The van der Waals surface area contributed by atoms with Crippen LogP contribution in [-0.2, 0) is 14.3 Å². The van der Waals surface area contributed by atoms with E-state index in [-0.39, 0.29) is 17.6 Å². The zero-order chi connectivity index (χ0) is 21.5. The second-order valence-corrected chi connectivity index (χ2v) is 6.97. The van der Waals surface area contributed by atoms with Crippen molar-refractivity contribution in [2.24, 2.45) is 5.92 Å². The Kier molecular flexibility index (Phi) is 6.84. The van der Waals surface area contributed by atoms with Gasteiger partial charge >= 0.3 is 11.9 Å². The van der Waals surface area contributed by atoms with E-state index in [1.165, 1.54) is 12.3 Å². The molecule has 1 aromatic heterocycles. The Labute approximate surface area is 173 Å². The molecule has 0 bridgehead atoms. The Hall–Kier alpha value is -3.62. The van der Waals surface area contributed by atoms with Gasteiger partial charge in [0.1, 0.15) is 0 Å². The van der Waals surface area contributed by atoms with Gasteiger partial charge in [-0.15, -0.1) is 0 Å². The maximum atomic E-state index is 12.6. The number of aryl methyl sites for hydroxylation is 1. The molecule has 30 heavy (non-hydrogen) atoms. The largest absolute Gasteiger partial charge is 0.459 e. The quantitative estimate of drug-likeness (QED) is 0.566. The van der Waals surface area contributed by atoms with Crippen LogP contribution in [0.15, 0.2) is 47.1 Å². The van der Waals surface area contributed by atoms with Crippen LogP contribution in [0.1, 0.15) is 39.3 Å². The maximum absolute atomic E-state index is 12.6. The molecule has 3 amide bonds. The summed E-state index contributed by atoms with van der Waals surface area (Å²) in [5.41, 5.74) is 5.87. The fourth-order valence-electron chi connectivity index (χ4n) is 3.19. The van der Waals surface area contributed by atoms with E-state index in [0.717, 1.165) is 5.56 Å². The highest BCUT2D eigenvalue weighted by Gasteiger charge is 2.29. The van der Waals surface area contributed by atoms with Gasteiger partial charge in [-0.3, -0.25) is 30.0 Å². The zero-order valence-electron chi connectivity index (χ0n) is 16.6. The number of hydrazine groups is 1. The van der Waals surface area contributed by atoms with Crippen molar-refractivity contribution in [1.82, 2.24) is 15.8 Å². The van der Waals surface area contributed by atoms with Gasteiger partial charge in [0, 0.05) is 18.7 Å². The molecule has 9 nitrogen and oxygen atoms in total. The molecule has 9 heteroatoms. The molecule has 2 aromatic rings. The Morgan fingerprint density at radius 2 is 1.80 bits per heavy atom. The number of esters is 1. The maximum Gasteiger partial charge on any atom is 0.309 e. The molecule has 1 aliphatic heterocycles. The highest BCUT2D eigenvalue weighted by Crippen LogP contribution is 2.21. The number of rotatable bonds is 5. The van der Waals surface area contributed by atoms with E-state index < -0.39 is 24.4 Å². The van der Waals surface area contributed by atoms with E-state index in [0.29, 0.717) is 31.5 Å². The summed E-state index contributed by atoms with van der Waals surface area (Å²) < 4.78 is 9.93. The molecular formula is C21H23N3O6. The number of likely N-dealkylation sites (tertiary alicyclic amines) is 1. The average Bonchev–Trinajstić information content (AvgIpc) is 3.31. The number of piperidine rings is 1. The van der Waals surface area contributed by atoms with E-state index in [1.807, 2.05) is 25.1 Å². The number of nitrogens with one attached hydrogen (secondary N) is 2. The summed E-state index contributed by atoms with van der Waals surface area (Å²) in [6, 6.07) is 10.4. The lowest BCUT2D eigenvalue weighted by molar-refractivity contribution is -0.154. The summed E-state index contributed by atoms with van der Waals surface area (Å²) in [5, 5.41) is 0. The monoisotopic (exact) mass is 413 g/mol. The fraction of sp³-hybridized carbons (Fsp3) is 0.333. The smallest absolute Gasteiger partial charge is 0.309 e. The SMILES string of the molecule is Cc1ccccc1C(=O)N1CCC(C(=O)OCC(=O)NNC(=O)c2ccco2)CC1. The lowest BCUT2D eigenvalue weighted by atomic mass is 9.96. The van der Waals surface area contributed by atoms with Crippen LogP contribution in [0.2, 0.25) is 0 Å². The first-order valence-corrected chi connectivity index (χ1v) is 9.60. The lowest BCUT2D eigenvalue weighted by Crippen LogP contribution is -2.44. The number of benzene rings is 1. The number of amides is 3. The number of furan rings is 1. The predicted octanol–water partition coefficient (Wildman–Crippen LogP) is 1.44.